The highest BCUT2D eigenvalue weighted by Crippen LogP contribution is 2.15. The molecule has 0 N–H and O–H groups in total. The molecular formula is C11H14N2O. The molecule has 0 radical (unpaired) electrons. The summed E-state index contributed by atoms with van der Waals surface area (Å²) in [5.41, 5.74) is 0.755. The maximum atomic E-state index is 8.73. The topological polar surface area (TPSA) is 45.9 Å². The second-order valence-electron chi connectivity index (χ2n) is 3.42. The van der Waals surface area contributed by atoms with Crippen molar-refractivity contribution in [2.45, 2.75) is 32.8 Å². The predicted octanol–water partition coefficient (Wildman–Crippen LogP) is 2.50. The summed E-state index contributed by atoms with van der Waals surface area (Å²) >= 11 is 0. The third-order valence-electron chi connectivity index (χ3n) is 1.74. The maximum absolute atomic E-state index is 8.73. The number of rotatable bonds is 3. The molecule has 3 nitrogen and oxygen atoms in total. The van der Waals surface area contributed by atoms with E-state index in [0.29, 0.717) is 5.88 Å². The lowest BCUT2D eigenvalue weighted by molar-refractivity contribution is 0.232. The number of hydrogen-bond donors (Lipinski definition) is 0. The van der Waals surface area contributed by atoms with Crippen molar-refractivity contribution in [3.05, 3.63) is 23.9 Å². The van der Waals surface area contributed by atoms with Crippen LogP contribution in [-0.2, 0) is 0 Å². The van der Waals surface area contributed by atoms with Gasteiger partial charge in [0.1, 0.15) is 0 Å². The zero-order valence-electron chi connectivity index (χ0n) is 8.69. The van der Waals surface area contributed by atoms with Gasteiger partial charge in [-0.05, 0) is 26.8 Å². The summed E-state index contributed by atoms with van der Waals surface area (Å²) in [7, 11) is 0. The molecule has 0 aromatic carbocycles. The van der Waals surface area contributed by atoms with E-state index in [1.54, 1.807) is 6.07 Å². The van der Waals surface area contributed by atoms with Gasteiger partial charge >= 0.3 is 0 Å². The van der Waals surface area contributed by atoms with E-state index in [4.69, 9.17) is 10.00 Å². The van der Waals surface area contributed by atoms with Crippen molar-refractivity contribution >= 4 is 0 Å². The van der Waals surface area contributed by atoms with Crippen molar-refractivity contribution in [1.82, 2.24) is 4.98 Å². The molecule has 0 fully saturated rings. The number of hydrogen-bond acceptors (Lipinski definition) is 3. The predicted molar refractivity (Wildman–Crippen MR) is 54.0 cm³/mol. The van der Waals surface area contributed by atoms with Crippen LogP contribution in [0.1, 0.15) is 32.4 Å². The first-order chi connectivity index (χ1) is 6.63. The first kappa shape index (κ1) is 10.5. The third-order valence-corrected chi connectivity index (χ3v) is 1.74. The minimum Gasteiger partial charge on any atom is -0.475 e. The molecule has 0 bridgehead atoms. The van der Waals surface area contributed by atoms with Crippen molar-refractivity contribution < 1.29 is 4.74 Å². The van der Waals surface area contributed by atoms with Gasteiger partial charge in [-0.1, -0.05) is 6.07 Å². The molecule has 0 aliphatic carbocycles. The van der Waals surface area contributed by atoms with Gasteiger partial charge in [-0.15, -0.1) is 0 Å². The Morgan fingerprint density at radius 1 is 1.36 bits per heavy atom. The lowest BCUT2D eigenvalue weighted by atomic mass is 10.1. The molecule has 74 valence electrons. The zero-order chi connectivity index (χ0) is 10.6. The van der Waals surface area contributed by atoms with E-state index in [0.717, 1.165) is 5.69 Å². The standard InChI is InChI=1S/C11H14N2O/c1-8(2)14-11-6-4-5-10(13-11)9(3)7-12/h4-6,8-9H,1-3H3. The normalized spacial score (nSPS) is 12.2. The van der Waals surface area contributed by atoms with E-state index in [9.17, 15) is 0 Å². The van der Waals surface area contributed by atoms with Crippen molar-refractivity contribution in [1.29, 1.82) is 5.26 Å². The molecule has 1 heterocycles. The molecule has 14 heavy (non-hydrogen) atoms. The Labute approximate surface area is 84.3 Å². The molecule has 0 aliphatic heterocycles. The summed E-state index contributed by atoms with van der Waals surface area (Å²) < 4.78 is 5.43. The van der Waals surface area contributed by atoms with Crippen LogP contribution in [0.25, 0.3) is 0 Å². The van der Waals surface area contributed by atoms with E-state index in [2.05, 4.69) is 11.1 Å². The molecule has 0 aliphatic rings. The fourth-order valence-electron chi connectivity index (χ4n) is 1.05. The monoisotopic (exact) mass is 190 g/mol. The number of pyridine rings is 1. The van der Waals surface area contributed by atoms with Crippen LogP contribution in [-0.4, -0.2) is 11.1 Å². The van der Waals surface area contributed by atoms with Crippen LogP contribution in [0, 0.1) is 11.3 Å². The molecule has 3 heteroatoms. The summed E-state index contributed by atoms with van der Waals surface area (Å²) in [6.45, 7) is 5.71. The van der Waals surface area contributed by atoms with Crippen molar-refractivity contribution in [3.63, 3.8) is 0 Å². The van der Waals surface area contributed by atoms with E-state index in [-0.39, 0.29) is 12.0 Å². The van der Waals surface area contributed by atoms with Crippen molar-refractivity contribution in [3.8, 4) is 11.9 Å². The van der Waals surface area contributed by atoms with Gasteiger partial charge in [-0.2, -0.15) is 5.26 Å². The first-order valence-corrected chi connectivity index (χ1v) is 4.66. The number of aromatic nitrogens is 1. The van der Waals surface area contributed by atoms with Gasteiger partial charge in [-0.3, -0.25) is 0 Å². The lowest BCUT2D eigenvalue weighted by Gasteiger charge is -2.10. The van der Waals surface area contributed by atoms with E-state index in [1.165, 1.54) is 0 Å². The van der Waals surface area contributed by atoms with E-state index in [1.807, 2.05) is 32.9 Å². The van der Waals surface area contributed by atoms with Gasteiger partial charge in [0, 0.05) is 6.07 Å². The number of nitriles is 1. The molecule has 1 unspecified atom stereocenters. The average molecular weight is 190 g/mol. The number of nitrogens with zero attached hydrogens (tertiary/aromatic N) is 2. The molecule has 0 spiro atoms. The van der Waals surface area contributed by atoms with Gasteiger partial charge in [0.25, 0.3) is 0 Å². The Morgan fingerprint density at radius 3 is 2.64 bits per heavy atom. The molecular weight excluding hydrogens is 176 g/mol. The van der Waals surface area contributed by atoms with Crippen LogP contribution in [0.2, 0.25) is 0 Å². The summed E-state index contributed by atoms with van der Waals surface area (Å²) in [5.74, 6) is 0.394. The fraction of sp³-hybridized carbons (Fsp3) is 0.455. The molecule has 0 amide bonds. The summed E-state index contributed by atoms with van der Waals surface area (Å²) in [6, 6.07) is 7.63. The summed E-state index contributed by atoms with van der Waals surface area (Å²) in [6.07, 6.45) is 0.107. The quantitative estimate of drug-likeness (QED) is 0.735. The maximum Gasteiger partial charge on any atom is 0.213 e. The number of ether oxygens (including phenoxy) is 1. The largest absolute Gasteiger partial charge is 0.475 e. The van der Waals surface area contributed by atoms with Crippen molar-refractivity contribution in [2.24, 2.45) is 0 Å². The van der Waals surface area contributed by atoms with Gasteiger partial charge in [0.15, 0.2) is 0 Å². The molecule has 1 aromatic heterocycles. The molecule has 1 aromatic rings. The SMILES string of the molecule is CC(C)Oc1cccc(C(C)C#N)n1. The van der Waals surface area contributed by atoms with E-state index < -0.39 is 0 Å². The highest BCUT2D eigenvalue weighted by molar-refractivity contribution is 5.21. The Balaban J connectivity index is 2.85. The van der Waals surface area contributed by atoms with Crippen LogP contribution in [0.5, 0.6) is 5.88 Å². The minimum atomic E-state index is -0.189. The van der Waals surface area contributed by atoms with Crippen LogP contribution < -0.4 is 4.74 Å². The van der Waals surface area contributed by atoms with Crippen molar-refractivity contribution in [2.75, 3.05) is 0 Å². The van der Waals surface area contributed by atoms with Crippen LogP contribution in [0.15, 0.2) is 18.2 Å². The third kappa shape index (κ3) is 2.74. The molecule has 1 atom stereocenters. The van der Waals surface area contributed by atoms with Crippen LogP contribution >= 0.6 is 0 Å². The average Bonchev–Trinajstić information content (AvgIpc) is 2.16. The van der Waals surface area contributed by atoms with Gasteiger partial charge in [-0.25, -0.2) is 4.98 Å². The molecule has 1 rings (SSSR count). The van der Waals surface area contributed by atoms with Crippen LogP contribution in [0.3, 0.4) is 0 Å². The Bertz CT molecular complexity index is 341. The molecule has 0 saturated heterocycles. The van der Waals surface area contributed by atoms with Gasteiger partial charge in [0.2, 0.25) is 5.88 Å². The Hall–Kier alpha value is -1.56. The smallest absolute Gasteiger partial charge is 0.213 e. The Morgan fingerprint density at radius 2 is 2.07 bits per heavy atom. The van der Waals surface area contributed by atoms with E-state index >= 15 is 0 Å². The zero-order valence-corrected chi connectivity index (χ0v) is 8.69. The molecule has 0 saturated carbocycles. The first-order valence-electron chi connectivity index (χ1n) is 4.66. The lowest BCUT2D eigenvalue weighted by Crippen LogP contribution is -2.07. The second kappa shape index (κ2) is 4.61. The van der Waals surface area contributed by atoms with Gasteiger partial charge < -0.3 is 4.74 Å². The summed E-state index contributed by atoms with van der Waals surface area (Å²) in [5, 5.41) is 8.73. The van der Waals surface area contributed by atoms with Gasteiger partial charge in [0.05, 0.1) is 23.8 Å². The second-order valence-corrected chi connectivity index (χ2v) is 3.42. The van der Waals surface area contributed by atoms with Crippen LogP contribution in [0.4, 0.5) is 0 Å². The highest BCUT2D eigenvalue weighted by Gasteiger charge is 2.06. The summed E-state index contributed by atoms with van der Waals surface area (Å²) in [4.78, 5) is 4.24. The fourth-order valence-corrected chi connectivity index (χ4v) is 1.05. The minimum absolute atomic E-state index is 0.107. The highest BCUT2D eigenvalue weighted by atomic mass is 16.5. The Kier molecular flexibility index (Phi) is 3.47.